The first kappa shape index (κ1) is 14.3. The molecule has 1 aromatic heterocycles. The Kier molecular flexibility index (Phi) is 4.79. The molecule has 2 amide bonds. The molecule has 2 heterocycles. The third-order valence-electron chi connectivity index (χ3n) is 2.70. The highest BCUT2D eigenvalue weighted by molar-refractivity contribution is 8.04. The number of thioether (sulfide) groups is 1. The zero-order valence-electron chi connectivity index (χ0n) is 10.8. The smallest absolute Gasteiger partial charge is 0.268 e. The first-order chi connectivity index (χ1) is 9.20. The van der Waals surface area contributed by atoms with Crippen LogP contribution in [0.25, 0.3) is 5.57 Å². The van der Waals surface area contributed by atoms with Crippen molar-refractivity contribution in [3.05, 3.63) is 27.3 Å². The van der Waals surface area contributed by atoms with E-state index < -0.39 is 0 Å². The van der Waals surface area contributed by atoms with Crippen molar-refractivity contribution in [3.8, 4) is 0 Å². The minimum Gasteiger partial charge on any atom is -0.383 e. The predicted molar refractivity (Wildman–Crippen MR) is 78.0 cm³/mol. The van der Waals surface area contributed by atoms with Gasteiger partial charge >= 0.3 is 0 Å². The molecule has 102 valence electrons. The Morgan fingerprint density at radius 2 is 2.16 bits per heavy atom. The standard InChI is InChI=1S/C13H15NO3S2/c1-3-18-11-10(9-5-4-8-19-9)12(15)14(13(11)16)6-7-17-2/h4-5,8H,3,6-7H2,1-2H3. The maximum atomic E-state index is 12.4. The number of nitrogens with zero attached hydrogens (tertiary/aromatic N) is 1. The zero-order valence-corrected chi connectivity index (χ0v) is 12.5. The van der Waals surface area contributed by atoms with Crippen molar-refractivity contribution < 1.29 is 14.3 Å². The lowest BCUT2D eigenvalue weighted by Crippen LogP contribution is -2.34. The lowest BCUT2D eigenvalue weighted by Gasteiger charge is -2.13. The highest BCUT2D eigenvalue weighted by Crippen LogP contribution is 2.37. The Labute approximate surface area is 120 Å². The topological polar surface area (TPSA) is 46.6 Å². The molecule has 0 fully saturated rings. The number of hydrogen-bond donors (Lipinski definition) is 0. The van der Waals surface area contributed by atoms with E-state index in [-0.39, 0.29) is 11.8 Å². The van der Waals surface area contributed by atoms with Crippen LogP contribution in [0.3, 0.4) is 0 Å². The van der Waals surface area contributed by atoms with E-state index in [1.165, 1.54) is 28.0 Å². The number of amides is 2. The lowest BCUT2D eigenvalue weighted by molar-refractivity contribution is -0.137. The van der Waals surface area contributed by atoms with Crippen LogP contribution in [-0.2, 0) is 14.3 Å². The quantitative estimate of drug-likeness (QED) is 0.755. The molecule has 0 radical (unpaired) electrons. The number of methoxy groups -OCH3 is 1. The van der Waals surface area contributed by atoms with Crippen LogP contribution in [0.1, 0.15) is 11.8 Å². The van der Waals surface area contributed by atoms with E-state index >= 15 is 0 Å². The molecule has 19 heavy (non-hydrogen) atoms. The minimum atomic E-state index is -0.208. The Balaban J connectivity index is 2.34. The van der Waals surface area contributed by atoms with Gasteiger partial charge in [0.2, 0.25) is 0 Å². The van der Waals surface area contributed by atoms with E-state index in [1.54, 1.807) is 7.11 Å². The van der Waals surface area contributed by atoms with Crippen molar-refractivity contribution >= 4 is 40.5 Å². The highest BCUT2D eigenvalue weighted by atomic mass is 32.2. The average Bonchev–Trinajstić information content (AvgIpc) is 2.98. The van der Waals surface area contributed by atoms with Crippen molar-refractivity contribution in [2.75, 3.05) is 26.0 Å². The van der Waals surface area contributed by atoms with Gasteiger partial charge in [-0.3, -0.25) is 14.5 Å². The summed E-state index contributed by atoms with van der Waals surface area (Å²) < 4.78 is 4.95. The fraction of sp³-hybridized carbons (Fsp3) is 0.385. The molecule has 0 saturated carbocycles. The number of imide groups is 1. The molecule has 0 bridgehead atoms. The van der Waals surface area contributed by atoms with E-state index in [9.17, 15) is 9.59 Å². The maximum absolute atomic E-state index is 12.4. The van der Waals surface area contributed by atoms with Gasteiger partial charge in [-0.1, -0.05) is 13.0 Å². The Morgan fingerprint density at radius 3 is 2.74 bits per heavy atom. The molecule has 4 nitrogen and oxygen atoms in total. The van der Waals surface area contributed by atoms with Crippen LogP contribution in [0.4, 0.5) is 0 Å². The summed E-state index contributed by atoms with van der Waals surface area (Å²) in [6.07, 6.45) is 0. The maximum Gasteiger partial charge on any atom is 0.268 e. The predicted octanol–water partition coefficient (Wildman–Crippen LogP) is 2.23. The van der Waals surface area contributed by atoms with Crippen molar-refractivity contribution in [2.24, 2.45) is 0 Å². The van der Waals surface area contributed by atoms with Crippen LogP contribution < -0.4 is 0 Å². The average molecular weight is 297 g/mol. The molecule has 1 aliphatic heterocycles. The monoisotopic (exact) mass is 297 g/mol. The Hall–Kier alpha value is -1.11. The van der Waals surface area contributed by atoms with Gasteiger partial charge in [0.05, 0.1) is 23.6 Å². The van der Waals surface area contributed by atoms with Crippen LogP contribution in [0, 0.1) is 0 Å². The van der Waals surface area contributed by atoms with Crippen molar-refractivity contribution in [2.45, 2.75) is 6.92 Å². The molecule has 0 unspecified atom stereocenters. The fourth-order valence-electron chi connectivity index (χ4n) is 1.86. The highest BCUT2D eigenvalue weighted by Gasteiger charge is 2.38. The van der Waals surface area contributed by atoms with E-state index in [0.29, 0.717) is 23.6 Å². The number of carbonyl (C=O) groups excluding carboxylic acids is 2. The lowest BCUT2D eigenvalue weighted by atomic mass is 10.2. The summed E-state index contributed by atoms with van der Waals surface area (Å²) in [4.78, 5) is 27.4. The zero-order chi connectivity index (χ0) is 13.8. The first-order valence-corrected chi connectivity index (χ1v) is 7.83. The van der Waals surface area contributed by atoms with Gasteiger partial charge in [0.15, 0.2) is 0 Å². The Bertz CT molecular complexity index is 508. The second kappa shape index (κ2) is 6.36. The molecule has 0 atom stereocenters. The summed E-state index contributed by atoms with van der Waals surface area (Å²) in [5, 5.41) is 1.91. The van der Waals surface area contributed by atoms with Crippen molar-refractivity contribution in [1.29, 1.82) is 0 Å². The largest absolute Gasteiger partial charge is 0.383 e. The minimum absolute atomic E-state index is 0.197. The molecule has 0 N–H and O–H groups in total. The van der Waals surface area contributed by atoms with E-state index in [1.807, 2.05) is 24.4 Å². The van der Waals surface area contributed by atoms with Gasteiger partial charge in [-0.15, -0.1) is 23.1 Å². The molecule has 0 spiro atoms. The van der Waals surface area contributed by atoms with Gasteiger partial charge in [-0.25, -0.2) is 0 Å². The molecule has 2 rings (SSSR count). The summed E-state index contributed by atoms with van der Waals surface area (Å²) >= 11 is 2.91. The summed E-state index contributed by atoms with van der Waals surface area (Å²) in [5.41, 5.74) is 0.544. The summed E-state index contributed by atoms with van der Waals surface area (Å²) in [6, 6.07) is 3.76. The van der Waals surface area contributed by atoms with Gasteiger partial charge in [0, 0.05) is 12.0 Å². The summed E-state index contributed by atoms with van der Waals surface area (Å²) in [6.45, 7) is 2.63. The number of hydrogen-bond acceptors (Lipinski definition) is 5. The second-order valence-electron chi connectivity index (χ2n) is 3.87. The SMILES string of the molecule is CCSC1=C(c2cccs2)C(=O)N(CCOC)C1=O. The third kappa shape index (κ3) is 2.75. The summed E-state index contributed by atoms with van der Waals surface area (Å²) in [7, 11) is 1.56. The number of ether oxygens (including phenoxy) is 1. The van der Waals surface area contributed by atoms with E-state index in [0.717, 1.165) is 10.6 Å². The van der Waals surface area contributed by atoms with Gasteiger partial charge < -0.3 is 4.74 Å². The van der Waals surface area contributed by atoms with Gasteiger partial charge in [-0.05, 0) is 17.2 Å². The van der Waals surface area contributed by atoms with E-state index in [4.69, 9.17) is 4.74 Å². The van der Waals surface area contributed by atoms with E-state index in [2.05, 4.69) is 0 Å². The van der Waals surface area contributed by atoms with Crippen LogP contribution >= 0.6 is 23.1 Å². The van der Waals surface area contributed by atoms with Gasteiger partial charge in [0.1, 0.15) is 0 Å². The molecule has 1 aliphatic rings. The summed E-state index contributed by atoms with van der Waals surface area (Å²) in [5.74, 6) is 0.360. The number of thiophene rings is 1. The molecular weight excluding hydrogens is 282 g/mol. The van der Waals surface area contributed by atoms with Crippen LogP contribution in [0.5, 0.6) is 0 Å². The molecule has 1 aromatic rings. The number of rotatable bonds is 6. The molecule has 0 saturated heterocycles. The molecular formula is C13H15NO3S2. The first-order valence-electron chi connectivity index (χ1n) is 5.96. The van der Waals surface area contributed by atoms with Crippen LogP contribution in [0.2, 0.25) is 0 Å². The van der Waals surface area contributed by atoms with Gasteiger partial charge in [0.25, 0.3) is 11.8 Å². The van der Waals surface area contributed by atoms with Crippen LogP contribution in [-0.4, -0.2) is 42.7 Å². The Morgan fingerprint density at radius 1 is 1.37 bits per heavy atom. The van der Waals surface area contributed by atoms with Gasteiger partial charge in [-0.2, -0.15) is 0 Å². The van der Waals surface area contributed by atoms with Crippen LogP contribution in [0.15, 0.2) is 22.4 Å². The number of carbonyl (C=O) groups is 2. The molecule has 0 aromatic carbocycles. The third-order valence-corrected chi connectivity index (χ3v) is 4.54. The molecule has 6 heteroatoms. The van der Waals surface area contributed by atoms with Crippen molar-refractivity contribution in [1.82, 2.24) is 4.90 Å². The molecule has 0 aliphatic carbocycles. The second-order valence-corrected chi connectivity index (χ2v) is 6.09. The normalized spacial score (nSPS) is 15.8. The van der Waals surface area contributed by atoms with Crippen molar-refractivity contribution in [3.63, 3.8) is 0 Å². The fourth-order valence-corrected chi connectivity index (χ4v) is 3.55.